The molecule has 1 unspecified atom stereocenters. The number of aromatic nitrogens is 1. The molecule has 12 heavy (non-hydrogen) atoms. The summed E-state index contributed by atoms with van der Waals surface area (Å²) in [6, 6.07) is 5.25. The highest BCUT2D eigenvalue weighted by Crippen LogP contribution is 2.17. The van der Waals surface area contributed by atoms with Crippen LogP contribution in [0.1, 0.15) is 0 Å². The minimum absolute atomic E-state index is 0.155. The van der Waals surface area contributed by atoms with Gasteiger partial charge in [-0.1, -0.05) is 0 Å². The maximum atomic E-state index is 13.2. The summed E-state index contributed by atoms with van der Waals surface area (Å²) >= 11 is 0. The van der Waals surface area contributed by atoms with Gasteiger partial charge in [-0.15, -0.1) is 9.24 Å². The fourth-order valence-corrected chi connectivity index (χ4v) is 1.65. The van der Waals surface area contributed by atoms with Crippen molar-refractivity contribution >= 4 is 25.4 Å². The lowest BCUT2D eigenvalue weighted by Crippen LogP contribution is -1.94. The molecule has 1 aromatic carbocycles. The van der Waals surface area contributed by atoms with Gasteiger partial charge in [-0.05, 0) is 23.5 Å². The molecule has 2 aromatic rings. The van der Waals surface area contributed by atoms with E-state index >= 15 is 0 Å². The van der Waals surface area contributed by atoms with Crippen LogP contribution in [0, 0.1) is 5.82 Å². The van der Waals surface area contributed by atoms with Gasteiger partial charge in [0.05, 0.1) is 5.52 Å². The van der Waals surface area contributed by atoms with E-state index in [1.165, 1.54) is 6.07 Å². The lowest BCUT2D eigenvalue weighted by molar-refractivity contribution is 0.641. The molecule has 1 aromatic heterocycles. The summed E-state index contributed by atoms with van der Waals surface area (Å²) in [6.45, 7) is 0. The Morgan fingerprint density at radius 2 is 2.17 bits per heavy atom. The summed E-state index contributed by atoms with van der Waals surface area (Å²) in [5, 5.41) is 1.56. The minimum atomic E-state index is -0.155. The van der Waals surface area contributed by atoms with Crippen LogP contribution in [0.4, 0.5) is 4.39 Å². The summed E-state index contributed by atoms with van der Waals surface area (Å²) in [7, 11) is 4.41. The van der Waals surface area contributed by atoms with Crippen LogP contribution in [0.3, 0.4) is 0 Å². The molecule has 0 fully saturated rings. The van der Waals surface area contributed by atoms with Crippen LogP contribution in [-0.4, -0.2) is 4.57 Å². The normalized spacial score (nSPS) is 10.9. The molecule has 0 aliphatic heterocycles. The van der Waals surface area contributed by atoms with Crippen LogP contribution in [-0.2, 0) is 7.05 Å². The summed E-state index contributed by atoms with van der Waals surface area (Å²) in [4.78, 5) is 0. The molecule has 0 radical (unpaired) electrons. The van der Waals surface area contributed by atoms with E-state index < -0.39 is 0 Å². The van der Waals surface area contributed by atoms with E-state index in [0.717, 1.165) is 10.8 Å². The van der Waals surface area contributed by atoms with Crippen molar-refractivity contribution in [2.75, 3.05) is 0 Å². The molecule has 0 saturated heterocycles. The third-order valence-corrected chi connectivity index (χ3v) is 2.31. The van der Waals surface area contributed by atoms with Gasteiger partial charge < -0.3 is 4.57 Å². The third-order valence-electron chi connectivity index (χ3n) is 1.97. The number of aryl methyl sites for hydroxylation is 1. The summed E-state index contributed by atoms with van der Waals surface area (Å²) in [5.41, 5.74) is 0.931. The largest absolute Gasteiger partial charge is 0.350 e. The predicted molar refractivity (Wildman–Crippen MR) is 52.2 cm³/mol. The van der Waals surface area contributed by atoms with Crippen molar-refractivity contribution in [2.24, 2.45) is 7.05 Å². The minimum Gasteiger partial charge on any atom is -0.350 e. The van der Waals surface area contributed by atoms with E-state index in [0.29, 0.717) is 5.39 Å². The number of hydrogen-bond donors (Lipinski definition) is 0. The maximum absolute atomic E-state index is 13.2. The second-order valence-electron chi connectivity index (χ2n) is 2.86. The summed E-state index contributed by atoms with van der Waals surface area (Å²) in [6.07, 6.45) is 1.86. The number of halogens is 1. The van der Waals surface area contributed by atoms with Crippen molar-refractivity contribution in [3.8, 4) is 0 Å². The molecule has 0 bridgehead atoms. The van der Waals surface area contributed by atoms with E-state index in [4.69, 9.17) is 0 Å². The average molecular weight is 181 g/mol. The molecule has 3 heteroatoms. The van der Waals surface area contributed by atoms with Crippen molar-refractivity contribution in [3.05, 3.63) is 30.2 Å². The molecule has 1 heterocycles. The molecule has 0 saturated carbocycles. The van der Waals surface area contributed by atoms with Gasteiger partial charge in [0.15, 0.2) is 0 Å². The van der Waals surface area contributed by atoms with Crippen LogP contribution in [0.15, 0.2) is 24.4 Å². The highest BCUT2D eigenvalue weighted by atomic mass is 31.0. The molecule has 1 atom stereocenters. The smallest absolute Gasteiger partial charge is 0.133 e. The molecule has 0 N–H and O–H groups in total. The van der Waals surface area contributed by atoms with Gasteiger partial charge in [-0.25, -0.2) is 4.39 Å². The third kappa shape index (κ3) is 1.03. The number of benzene rings is 1. The molecule has 62 valence electrons. The number of fused-ring (bicyclic) bond motifs is 1. The molecule has 0 amide bonds. The highest BCUT2D eigenvalue weighted by molar-refractivity contribution is 7.27. The Labute approximate surface area is 72.4 Å². The van der Waals surface area contributed by atoms with Crippen molar-refractivity contribution in [1.29, 1.82) is 0 Å². The van der Waals surface area contributed by atoms with Gasteiger partial charge in [-0.2, -0.15) is 0 Å². The highest BCUT2D eigenvalue weighted by Gasteiger charge is 2.03. The monoisotopic (exact) mass is 181 g/mol. The van der Waals surface area contributed by atoms with E-state index in [-0.39, 0.29) is 5.82 Å². The fraction of sp³-hybridized carbons (Fsp3) is 0.111. The first kappa shape index (κ1) is 7.75. The molecule has 1 nitrogen and oxygen atoms in total. The first-order chi connectivity index (χ1) is 5.68. The zero-order chi connectivity index (χ0) is 8.72. The second kappa shape index (κ2) is 2.56. The Morgan fingerprint density at radius 3 is 2.92 bits per heavy atom. The molecule has 0 aliphatic carbocycles. The summed E-state index contributed by atoms with van der Waals surface area (Å²) in [5.74, 6) is -0.155. The molecular formula is C9H9FNP. The van der Waals surface area contributed by atoms with Gasteiger partial charge in [0, 0.05) is 18.6 Å². The fourth-order valence-electron chi connectivity index (χ4n) is 1.35. The van der Waals surface area contributed by atoms with Crippen molar-refractivity contribution in [3.63, 3.8) is 0 Å². The van der Waals surface area contributed by atoms with Crippen molar-refractivity contribution in [1.82, 2.24) is 4.57 Å². The Balaban J connectivity index is 2.92. The Kier molecular flexibility index (Phi) is 1.66. The van der Waals surface area contributed by atoms with Crippen LogP contribution in [0.25, 0.3) is 10.9 Å². The summed E-state index contributed by atoms with van der Waals surface area (Å²) < 4.78 is 15.1. The number of hydrogen-bond acceptors (Lipinski definition) is 0. The van der Waals surface area contributed by atoms with E-state index in [9.17, 15) is 4.39 Å². The van der Waals surface area contributed by atoms with Gasteiger partial charge in [0.25, 0.3) is 0 Å². The lowest BCUT2D eigenvalue weighted by Gasteiger charge is -1.98. The lowest BCUT2D eigenvalue weighted by atomic mass is 10.2. The van der Waals surface area contributed by atoms with Gasteiger partial charge in [-0.3, -0.25) is 0 Å². The molecule has 0 aliphatic rings. The van der Waals surface area contributed by atoms with Gasteiger partial charge in [0.1, 0.15) is 5.82 Å². The van der Waals surface area contributed by atoms with Crippen LogP contribution < -0.4 is 5.30 Å². The molecular weight excluding hydrogens is 172 g/mol. The average Bonchev–Trinajstić information content (AvgIpc) is 2.33. The Hall–Kier alpha value is -0.880. The first-order valence-corrected chi connectivity index (χ1v) is 4.26. The quantitative estimate of drug-likeness (QED) is 0.546. The molecule has 0 spiro atoms. The Morgan fingerprint density at radius 1 is 1.42 bits per heavy atom. The SMILES string of the molecule is Cn1ccc2c(F)cc(P)cc21. The zero-order valence-corrected chi connectivity index (χ0v) is 7.87. The van der Waals surface area contributed by atoms with E-state index in [2.05, 4.69) is 9.24 Å². The second-order valence-corrected chi connectivity index (χ2v) is 3.53. The van der Waals surface area contributed by atoms with Crippen molar-refractivity contribution < 1.29 is 4.39 Å². The zero-order valence-electron chi connectivity index (χ0n) is 6.71. The topological polar surface area (TPSA) is 4.93 Å². The van der Waals surface area contributed by atoms with E-state index in [1.54, 1.807) is 6.07 Å². The van der Waals surface area contributed by atoms with Crippen LogP contribution >= 0.6 is 9.24 Å². The van der Waals surface area contributed by atoms with E-state index in [1.807, 2.05) is 23.9 Å². The number of rotatable bonds is 0. The van der Waals surface area contributed by atoms with Crippen LogP contribution in [0.5, 0.6) is 0 Å². The Bertz CT molecular complexity index is 433. The van der Waals surface area contributed by atoms with Crippen molar-refractivity contribution in [2.45, 2.75) is 0 Å². The maximum Gasteiger partial charge on any atom is 0.133 e. The standard InChI is InChI=1S/C9H9FNP/c1-11-3-2-7-8(10)4-6(12)5-9(7)11/h2-5H,12H2,1H3. The molecule has 2 rings (SSSR count). The van der Waals surface area contributed by atoms with Gasteiger partial charge >= 0.3 is 0 Å². The first-order valence-electron chi connectivity index (χ1n) is 3.68. The predicted octanol–water partition coefficient (Wildman–Crippen LogP) is 1.82. The van der Waals surface area contributed by atoms with Crippen LogP contribution in [0.2, 0.25) is 0 Å². The number of nitrogens with zero attached hydrogens (tertiary/aromatic N) is 1. The van der Waals surface area contributed by atoms with Gasteiger partial charge in [0.2, 0.25) is 0 Å².